The molecule has 2 aromatic heterocycles. The first-order chi connectivity index (χ1) is 8.04. The van der Waals surface area contributed by atoms with Gasteiger partial charge in [0.1, 0.15) is 0 Å². The Morgan fingerprint density at radius 1 is 1.29 bits per heavy atom. The predicted molar refractivity (Wildman–Crippen MR) is 68.0 cm³/mol. The molecule has 0 atom stereocenters. The first-order valence-electron chi connectivity index (χ1n) is 5.74. The first kappa shape index (κ1) is 11.8. The van der Waals surface area contributed by atoms with Crippen molar-refractivity contribution >= 4 is 0 Å². The molecule has 0 fully saturated rings. The van der Waals surface area contributed by atoms with Crippen molar-refractivity contribution in [3.05, 3.63) is 42.5 Å². The molecule has 0 unspecified atom stereocenters. The molecule has 0 saturated carbocycles. The normalized spacial score (nSPS) is 11.7. The van der Waals surface area contributed by atoms with Crippen LogP contribution in [0.5, 0.6) is 0 Å². The molecule has 2 heterocycles. The third-order valence-corrected chi connectivity index (χ3v) is 2.37. The van der Waals surface area contributed by atoms with Gasteiger partial charge in [-0.2, -0.15) is 5.10 Å². The molecule has 0 aromatic carbocycles. The standard InChI is InChI=1S/C13H18N4/c1-13(2,3)15-10-11-9-12(5-7-14-11)17-8-4-6-16-17/h4-9,15H,10H2,1-3H3. The molecule has 0 bridgehead atoms. The van der Waals surface area contributed by atoms with Gasteiger partial charge in [-0.3, -0.25) is 4.98 Å². The summed E-state index contributed by atoms with van der Waals surface area (Å²) in [6, 6.07) is 5.91. The van der Waals surface area contributed by atoms with Crippen LogP contribution in [0.1, 0.15) is 26.5 Å². The van der Waals surface area contributed by atoms with Crippen LogP contribution < -0.4 is 5.32 Å². The summed E-state index contributed by atoms with van der Waals surface area (Å²) in [5, 5.41) is 7.62. The summed E-state index contributed by atoms with van der Waals surface area (Å²) in [5.74, 6) is 0. The summed E-state index contributed by atoms with van der Waals surface area (Å²) in [5.41, 5.74) is 2.16. The fraction of sp³-hybridized carbons (Fsp3) is 0.385. The van der Waals surface area contributed by atoms with Crippen molar-refractivity contribution in [1.82, 2.24) is 20.1 Å². The molecule has 1 N–H and O–H groups in total. The molecule has 17 heavy (non-hydrogen) atoms. The van der Waals surface area contributed by atoms with Crippen molar-refractivity contribution < 1.29 is 0 Å². The topological polar surface area (TPSA) is 42.7 Å². The number of pyridine rings is 1. The van der Waals surface area contributed by atoms with Crippen LogP contribution in [0, 0.1) is 0 Å². The van der Waals surface area contributed by atoms with Gasteiger partial charge >= 0.3 is 0 Å². The summed E-state index contributed by atoms with van der Waals surface area (Å²) >= 11 is 0. The van der Waals surface area contributed by atoms with Crippen molar-refractivity contribution in [2.24, 2.45) is 0 Å². The highest BCUT2D eigenvalue weighted by molar-refractivity contribution is 5.30. The van der Waals surface area contributed by atoms with E-state index in [9.17, 15) is 0 Å². The van der Waals surface area contributed by atoms with E-state index in [4.69, 9.17) is 0 Å². The largest absolute Gasteiger partial charge is 0.306 e. The molecule has 0 aliphatic heterocycles. The smallest absolute Gasteiger partial charge is 0.0679 e. The van der Waals surface area contributed by atoms with Crippen LogP contribution in [0.2, 0.25) is 0 Å². The zero-order valence-electron chi connectivity index (χ0n) is 10.5. The molecule has 4 heteroatoms. The lowest BCUT2D eigenvalue weighted by Crippen LogP contribution is -2.35. The number of aromatic nitrogens is 3. The van der Waals surface area contributed by atoms with E-state index in [0.29, 0.717) is 0 Å². The maximum absolute atomic E-state index is 4.35. The van der Waals surface area contributed by atoms with Crippen molar-refractivity contribution in [1.29, 1.82) is 0 Å². The molecule has 0 amide bonds. The van der Waals surface area contributed by atoms with Crippen LogP contribution in [0.4, 0.5) is 0 Å². The minimum absolute atomic E-state index is 0.101. The summed E-state index contributed by atoms with van der Waals surface area (Å²) in [7, 11) is 0. The molecule has 2 aromatic rings. The maximum Gasteiger partial charge on any atom is 0.0679 e. The molecule has 4 nitrogen and oxygen atoms in total. The molecular weight excluding hydrogens is 212 g/mol. The molecule has 0 saturated heterocycles. The second-order valence-corrected chi connectivity index (χ2v) is 5.06. The number of hydrogen-bond acceptors (Lipinski definition) is 3. The van der Waals surface area contributed by atoms with E-state index >= 15 is 0 Å². The van der Waals surface area contributed by atoms with E-state index in [1.54, 1.807) is 6.20 Å². The Morgan fingerprint density at radius 2 is 2.12 bits per heavy atom. The third-order valence-electron chi connectivity index (χ3n) is 2.37. The van der Waals surface area contributed by atoms with E-state index in [-0.39, 0.29) is 5.54 Å². The zero-order valence-corrected chi connectivity index (χ0v) is 10.5. The Hall–Kier alpha value is -1.68. The highest BCUT2D eigenvalue weighted by atomic mass is 15.3. The summed E-state index contributed by atoms with van der Waals surface area (Å²) in [6.45, 7) is 7.19. The Kier molecular flexibility index (Phi) is 3.24. The Labute approximate surface area is 102 Å². The van der Waals surface area contributed by atoms with Crippen molar-refractivity contribution in [3.8, 4) is 5.69 Å². The van der Waals surface area contributed by atoms with Gasteiger partial charge in [-0.05, 0) is 39.0 Å². The minimum atomic E-state index is 0.101. The van der Waals surface area contributed by atoms with Gasteiger partial charge in [0.05, 0.1) is 11.4 Å². The molecule has 0 aliphatic rings. The number of hydrogen-bond donors (Lipinski definition) is 1. The van der Waals surface area contributed by atoms with E-state index in [1.807, 2.05) is 35.3 Å². The molecule has 2 rings (SSSR count). The van der Waals surface area contributed by atoms with Gasteiger partial charge in [-0.1, -0.05) is 0 Å². The predicted octanol–water partition coefficient (Wildman–Crippen LogP) is 2.16. The number of nitrogens with one attached hydrogen (secondary N) is 1. The van der Waals surface area contributed by atoms with Crippen molar-refractivity contribution in [2.45, 2.75) is 32.9 Å². The third kappa shape index (κ3) is 3.39. The molecular formula is C13H18N4. The van der Waals surface area contributed by atoms with Crippen LogP contribution in [0.3, 0.4) is 0 Å². The van der Waals surface area contributed by atoms with E-state index in [2.05, 4.69) is 36.2 Å². The molecule has 0 radical (unpaired) electrons. The van der Waals surface area contributed by atoms with Gasteiger partial charge in [0.15, 0.2) is 0 Å². The van der Waals surface area contributed by atoms with E-state index in [0.717, 1.165) is 17.9 Å². The van der Waals surface area contributed by atoms with Gasteiger partial charge in [0.2, 0.25) is 0 Å². The number of nitrogens with zero attached hydrogens (tertiary/aromatic N) is 3. The number of rotatable bonds is 3. The minimum Gasteiger partial charge on any atom is -0.306 e. The Morgan fingerprint density at radius 3 is 2.76 bits per heavy atom. The molecule has 0 spiro atoms. The monoisotopic (exact) mass is 230 g/mol. The van der Waals surface area contributed by atoms with Crippen LogP contribution in [-0.2, 0) is 6.54 Å². The Bertz CT molecular complexity index is 468. The first-order valence-corrected chi connectivity index (χ1v) is 5.74. The van der Waals surface area contributed by atoms with Gasteiger partial charge in [0, 0.05) is 30.7 Å². The van der Waals surface area contributed by atoms with E-state index in [1.165, 1.54) is 0 Å². The van der Waals surface area contributed by atoms with Gasteiger partial charge in [-0.25, -0.2) is 4.68 Å². The lowest BCUT2D eigenvalue weighted by Gasteiger charge is -2.20. The molecule has 0 aliphatic carbocycles. The summed E-state index contributed by atoms with van der Waals surface area (Å²) < 4.78 is 1.84. The van der Waals surface area contributed by atoms with Crippen LogP contribution in [0.25, 0.3) is 5.69 Å². The highest BCUT2D eigenvalue weighted by Gasteiger charge is 2.09. The average Bonchev–Trinajstić information content (AvgIpc) is 2.79. The van der Waals surface area contributed by atoms with E-state index < -0.39 is 0 Å². The zero-order chi connectivity index (χ0) is 12.3. The average molecular weight is 230 g/mol. The lowest BCUT2D eigenvalue weighted by molar-refractivity contribution is 0.421. The lowest BCUT2D eigenvalue weighted by atomic mass is 10.1. The second-order valence-electron chi connectivity index (χ2n) is 5.06. The van der Waals surface area contributed by atoms with Gasteiger partial charge < -0.3 is 5.32 Å². The fourth-order valence-corrected chi connectivity index (χ4v) is 1.48. The van der Waals surface area contributed by atoms with Crippen LogP contribution in [-0.4, -0.2) is 20.3 Å². The van der Waals surface area contributed by atoms with Gasteiger partial charge in [-0.15, -0.1) is 0 Å². The van der Waals surface area contributed by atoms with Crippen LogP contribution >= 0.6 is 0 Å². The summed E-state index contributed by atoms with van der Waals surface area (Å²) in [6.07, 6.45) is 5.51. The molecule has 90 valence electrons. The Balaban J connectivity index is 2.12. The maximum atomic E-state index is 4.35. The highest BCUT2D eigenvalue weighted by Crippen LogP contribution is 2.08. The summed E-state index contributed by atoms with van der Waals surface area (Å²) in [4.78, 5) is 4.35. The van der Waals surface area contributed by atoms with Crippen LogP contribution in [0.15, 0.2) is 36.8 Å². The quantitative estimate of drug-likeness (QED) is 0.878. The fourth-order valence-electron chi connectivity index (χ4n) is 1.48. The van der Waals surface area contributed by atoms with Crippen molar-refractivity contribution in [2.75, 3.05) is 0 Å². The van der Waals surface area contributed by atoms with Crippen molar-refractivity contribution in [3.63, 3.8) is 0 Å². The second kappa shape index (κ2) is 4.67. The van der Waals surface area contributed by atoms with Gasteiger partial charge in [0.25, 0.3) is 0 Å². The SMILES string of the molecule is CC(C)(C)NCc1cc(-n2cccn2)ccn1.